The van der Waals surface area contributed by atoms with Gasteiger partial charge in [0.15, 0.2) is 0 Å². The Hall–Kier alpha value is -3.63. The van der Waals surface area contributed by atoms with Gasteiger partial charge in [-0.15, -0.1) is 11.6 Å². The third-order valence-electron chi connectivity index (χ3n) is 6.16. The summed E-state index contributed by atoms with van der Waals surface area (Å²) in [6, 6.07) is 25.3. The smallest absolute Gasteiger partial charge is 0.391 e. The van der Waals surface area contributed by atoms with Crippen LogP contribution in [0.15, 0.2) is 85.3 Å². The number of hydrogen-bond acceptors (Lipinski definition) is 3. The van der Waals surface area contributed by atoms with Gasteiger partial charge >= 0.3 is 21.1 Å². The zero-order valence-electron chi connectivity index (χ0n) is 19.9. The molecular weight excluding hydrogens is 654 g/mol. The first-order valence-electron chi connectivity index (χ1n) is 11.3. The van der Waals surface area contributed by atoms with E-state index in [0.717, 1.165) is 16.7 Å². The van der Waals surface area contributed by atoms with Crippen LogP contribution in [0.3, 0.4) is 0 Å². The molecule has 3 heterocycles. The molecular formula is C30H20F3N3Pt. The van der Waals surface area contributed by atoms with Gasteiger partial charge in [0.2, 0.25) is 0 Å². The van der Waals surface area contributed by atoms with Gasteiger partial charge in [-0.25, -0.2) is 4.39 Å². The first-order valence-corrected chi connectivity index (χ1v) is 11.3. The van der Waals surface area contributed by atoms with E-state index in [4.69, 9.17) is 0 Å². The van der Waals surface area contributed by atoms with Crippen molar-refractivity contribution in [1.29, 1.82) is 0 Å². The second-order valence-corrected chi connectivity index (χ2v) is 8.80. The molecule has 0 atom stereocenters. The summed E-state index contributed by atoms with van der Waals surface area (Å²) in [6.07, 6.45) is 4.91. The third kappa shape index (κ3) is 5.12. The average Bonchev–Trinajstić information content (AvgIpc) is 2.93. The molecule has 0 aliphatic heterocycles. The predicted molar refractivity (Wildman–Crippen MR) is 132 cm³/mol. The second-order valence-electron chi connectivity index (χ2n) is 8.80. The first-order chi connectivity index (χ1) is 17.4. The number of halogens is 3. The molecule has 0 spiro atoms. The Bertz CT molecular complexity index is 1540. The summed E-state index contributed by atoms with van der Waals surface area (Å²) >= 11 is 0. The Morgan fingerprint density at radius 2 is 1.46 bits per heavy atom. The fourth-order valence-electron chi connectivity index (χ4n) is 4.04. The van der Waals surface area contributed by atoms with Gasteiger partial charge < -0.3 is 4.98 Å². The summed E-state index contributed by atoms with van der Waals surface area (Å²) in [5.74, 6) is -4.28. The molecule has 0 bridgehead atoms. The van der Waals surface area contributed by atoms with E-state index in [1.807, 2.05) is 24.3 Å². The fourth-order valence-corrected chi connectivity index (χ4v) is 4.04. The van der Waals surface area contributed by atoms with Crippen molar-refractivity contribution in [3.05, 3.63) is 126 Å². The van der Waals surface area contributed by atoms with Crippen LogP contribution >= 0.6 is 0 Å². The van der Waals surface area contributed by atoms with Crippen molar-refractivity contribution in [2.75, 3.05) is 0 Å². The minimum atomic E-state index is -1.59. The molecule has 186 valence electrons. The standard InChI is InChI=1S/C30H20F3N3.Pt/c1-30(2,21-10-7-14-34-18-21)20-9-5-8-19(16-20)24-12-6-13-26(36-24)23-17-22(25-11-3-4-15-35-25)27(31)29(33)28(23)32;/h3-9,11-16,18H,1-2H3;/q-2;+2. The Morgan fingerprint density at radius 3 is 2.16 bits per heavy atom. The van der Waals surface area contributed by atoms with Crippen molar-refractivity contribution in [3.63, 3.8) is 0 Å². The van der Waals surface area contributed by atoms with E-state index >= 15 is 0 Å². The molecule has 0 amide bonds. The van der Waals surface area contributed by atoms with E-state index in [-0.39, 0.29) is 49.0 Å². The molecule has 5 rings (SSSR count). The SMILES string of the molecule is CC(C)(c1[c-]ccnc1)c1cccc(-c2cccc(-c3[c-]c(-c4ccccn4)c(F)c(F)c3F)n2)c1.[Pt+2]. The summed E-state index contributed by atoms with van der Waals surface area (Å²) in [4.78, 5) is 12.8. The third-order valence-corrected chi connectivity index (χ3v) is 6.16. The minimum absolute atomic E-state index is 0. The minimum Gasteiger partial charge on any atom is -0.391 e. The average molecular weight is 675 g/mol. The molecule has 0 aliphatic carbocycles. The maximum atomic E-state index is 14.9. The maximum Gasteiger partial charge on any atom is 2.00 e. The van der Waals surface area contributed by atoms with Crippen molar-refractivity contribution in [2.24, 2.45) is 0 Å². The molecule has 3 aromatic heterocycles. The van der Waals surface area contributed by atoms with Crippen LogP contribution < -0.4 is 0 Å². The molecule has 0 N–H and O–H groups in total. The maximum absolute atomic E-state index is 14.9. The molecule has 3 nitrogen and oxygen atoms in total. The summed E-state index contributed by atoms with van der Waals surface area (Å²) < 4.78 is 44.0. The van der Waals surface area contributed by atoms with E-state index < -0.39 is 17.5 Å². The topological polar surface area (TPSA) is 38.7 Å². The van der Waals surface area contributed by atoms with Gasteiger partial charge in [0, 0.05) is 17.6 Å². The molecule has 0 radical (unpaired) electrons. The Morgan fingerprint density at radius 1 is 0.757 bits per heavy atom. The van der Waals surface area contributed by atoms with E-state index in [0.29, 0.717) is 5.69 Å². The molecule has 0 unspecified atom stereocenters. The number of hydrogen-bond donors (Lipinski definition) is 0. The Balaban J connectivity index is 0.00000320. The summed E-state index contributed by atoms with van der Waals surface area (Å²) in [5.41, 5.74) is 2.67. The number of pyridine rings is 3. The summed E-state index contributed by atoms with van der Waals surface area (Å²) in [6.45, 7) is 4.16. The van der Waals surface area contributed by atoms with E-state index in [1.54, 1.807) is 42.7 Å². The zero-order valence-corrected chi connectivity index (χ0v) is 22.1. The first kappa shape index (κ1) is 26.4. The van der Waals surface area contributed by atoms with Crippen LogP contribution in [0.5, 0.6) is 0 Å². The fraction of sp³-hybridized carbons (Fsp3) is 0.100. The predicted octanol–water partition coefficient (Wildman–Crippen LogP) is 7.21. The largest absolute Gasteiger partial charge is 2.00 e. The van der Waals surface area contributed by atoms with E-state index in [1.165, 1.54) is 18.3 Å². The van der Waals surface area contributed by atoms with Crippen molar-refractivity contribution >= 4 is 0 Å². The molecule has 37 heavy (non-hydrogen) atoms. The van der Waals surface area contributed by atoms with Gasteiger partial charge in [-0.1, -0.05) is 79.8 Å². The molecule has 0 fully saturated rings. The van der Waals surface area contributed by atoms with Crippen molar-refractivity contribution < 1.29 is 34.2 Å². The molecule has 0 aliphatic rings. The molecule has 5 aromatic rings. The van der Waals surface area contributed by atoms with Crippen LogP contribution in [0.2, 0.25) is 0 Å². The van der Waals surface area contributed by atoms with Crippen LogP contribution in [0.1, 0.15) is 25.0 Å². The molecule has 7 heteroatoms. The Kier molecular flexibility index (Phi) is 7.70. The van der Waals surface area contributed by atoms with Crippen LogP contribution in [-0.2, 0) is 26.5 Å². The van der Waals surface area contributed by atoms with Crippen molar-refractivity contribution in [2.45, 2.75) is 19.3 Å². The van der Waals surface area contributed by atoms with Crippen LogP contribution in [0.25, 0.3) is 33.8 Å². The van der Waals surface area contributed by atoms with Crippen molar-refractivity contribution in [3.8, 4) is 33.8 Å². The van der Waals surface area contributed by atoms with Crippen molar-refractivity contribution in [1.82, 2.24) is 15.0 Å². The molecule has 2 aromatic carbocycles. The van der Waals surface area contributed by atoms with Gasteiger partial charge in [-0.05, 0) is 34.7 Å². The summed E-state index contributed by atoms with van der Waals surface area (Å²) in [5, 5.41) is 0. The Labute approximate surface area is 227 Å². The van der Waals surface area contributed by atoms with Gasteiger partial charge in [0.25, 0.3) is 0 Å². The zero-order chi connectivity index (χ0) is 25.3. The number of aromatic nitrogens is 3. The number of benzene rings is 2. The van der Waals surface area contributed by atoms with Gasteiger partial charge in [0.1, 0.15) is 5.82 Å². The van der Waals surface area contributed by atoms with E-state index in [9.17, 15) is 13.2 Å². The van der Waals surface area contributed by atoms with E-state index in [2.05, 4.69) is 40.9 Å². The summed E-state index contributed by atoms with van der Waals surface area (Å²) in [7, 11) is 0. The monoisotopic (exact) mass is 674 g/mol. The normalized spacial score (nSPS) is 11.2. The van der Waals surface area contributed by atoms with Gasteiger partial charge in [0.05, 0.1) is 17.3 Å². The second kappa shape index (κ2) is 10.8. The van der Waals surface area contributed by atoms with Crippen LogP contribution in [0, 0.1) is 29.6 Å². The molecule has 0 saturated carbocycles. The van der Waals surface area contributed by atoms with Crippen LogP contribution in [0.4, 0.5) is 13.2 Å². The number of nitrogens with zero attached hydrogens (tertiary/aromatic N) is 3. The quantitative estimate of drug-likeness (QED) is 0.146. The van der Waals surface area contributed by atoms with Gasteiger partial charge in [-0.3, -0.25) is 18.7 Å². The number of rotatable bonds is 5. The molecule has 0 saturated heterocycles. The van der Waals surface area contributed by atoms with Crippen LogP contribution in [-0.4, -0.2) is 15.0 Å². The van der Waals surface area contributed by atoms with Gasteiger partial charge in [-0.2, -0.15) is 12.1 Å².